The van der Waals surface area contributed by atoms with Gasteiger partial charge in [0.25, 0.3) is 6.71 Å². The van der Waals surface area contributed by atoms with Crippen LogP contribution in [0.25, 0.3) is 127 Å². The smallest absolute Gasteiger partial charge is 0.252 e. The van der Waals surface area contributed by atoms with Gasteiger partial charge in [0.1, 0.15) is 0 Å². The Bertz CT molecular complexity index is 9420. The Kier molecular flexibility index (Phi) is 11.2. The van der Waals surface area contributed by atoms with Crippen molar-refractivity contribution in [2.45, 2.75) is 209 Å². The van der Waals surface area contributed by atoms with Crippen LogP contribution in [0.3, 0.4) is 0 Å². The lowest BCUT2D eigenvalue weighted by atomic mass is 9.33. The third kappa shape index (κ3) is 14.0. The highest BCUT2D eigenvalue weighted by atomic mass is 15.2. The Hall–Kier alpha value is -12.6. The van der Waals surface area contributed by atoms with Crippen molar-refractivity contribution in [3.05, 3.63) is 347 Å². The average molecular weight is 1710 g/mol. The van der Waals surface area contributed by atoms with Crippen LogP contribution in [0.5, 0.6) is 0 Å². The SMILES string of the molecule is [2H]c1c([2H])c(C(C)(C)C)c([2H])c([2H])c1-c1c([2H])c(C(C)(C)C)c([2H])c(-c2c([2H])c(C(C)(C)C)c([2H])c(C(C)(C)C)c2[2H])c1N1c2cc(-n3c4c([2H])c([2H])c([2H])c([2H])c4c4c([2H])c([2H])c([2H])c([2H])c43)ccc2B2c3ccc(-n4c5c([2H])c([2H])c([2H])c([2H])c5c5c([2H])c([2H])c([2H])c([2H])c54)cc3N(c3c(-c4c([2H])c([2H])c(C(C)(C)C)c([2H])c4[2H])c([2H])c(C(C)(C)C)c([2H])c3-c3c([2H])c(C(C)(C)C)c([2H])c(C(C)(C)C)c3[2H])c3cc(-n4c5c([2H])c([2H])c([2H])c([2H])c5c5c([2H])c([2H])c([2H])c([2H])c54)cc1c32. The van der Waals surface area contributed by atoms with Crippen LogP contribution in [-0.4, -0.2) is 20.4 Å². The van der Waals surface area contributed by atoms with E-state index in [2.05, 4.69) is 0 Å². The van der Waals surface area contributed by atoms with Crippen LogP contribution in [0, 0.1) is 0 Å². The molecule has 18 aromatic rings. The second-order valence-electron chi connectivity index (χ2n) is 41.8. The van der Waals surface area contributed by atoms with Crippen LogP contribution in [0.4, 0.5) is 34.1 Å². The maximum absolute atomic E-state index is 11.9. The van der Waals surface area contributed by atoms with Crippen molar-refractivity contribution in [2.24, 2.45) is 0 Å². The van der Waals surface area contributed by atoms with Gasteiger partial charge in [-0.05, 0) is 223 Å². The van der Waals surface area contributed by atoms with E-state index in [0.29, 0.717) is 0 Å². The molecule has 0 aliphatic carbocycles. The zero-order valence-electron chi connectivity index (χ0n) is 118. The molecule has 0 atom stereocenters. The highest BCUT2D eigenvalue weighted by molar-refractivity contribution is 7.00. The summed E-state index contributed by atoms with van der Waals surface area (Å²) in [6, 6.07) is -22.8. The molecule has 5 heterocycles. The van der Waals surface area contributed by atoms with Crippen molar-refractivity contribution in [3.8, 4) is 61.6 Å². The number of para-hydroxylation sites is 6. The summed E-state index contributed by atoms with van der Waals surface area (Å²) in [6.45, 7) is 38.1. The molecule has 6 heteroatoms. The number of benzene rings is 15. The van der Waals surface area contributed by atoms with Gasteiger partial charge in [-0.1, -0.05) is 372 Å². The van der Waals surface area contributed by atoms with Crippen LogP contribution >= 0.6 is 0 Å². The molecule has 0 amide bonds. The quantitative estimate of drug-likeness (QED) is 0.134. The number of aromatic nitrogens is 3. The normalized spacial score (nSPS) is 18.2. The van der Waals surface area contributed by atoms with Gasteiger partial charge in [0, 0.05) is 88.7 Å². The summed E-state index contributed by atoms with van der Waals surface area (Å²) in [5.74, 6) is 0. The summed E-state index contributed by atoms with van der Waals surface area (Å²) < 4.78 is 443. The van der Waals surface area contributed by atoms with Crippen LogP contribution in [-0.2, 0) is 43.3 Å². The predicted molar refractivity (Wildman–Crippen MR) is 555 cm³/mol. The summed E-state index contributed by atoms with van der Waals surface area (Å²) in [7, 11) is 0. The van der Waals surface area contributed by atoms with Crippen molar-refractivity contribution in [3.63, 3.8) is 0 Å². The Morgan fingerprint density at radius 2 is 0.445 bits per heavy atom. The Morgan fingerprint density at radius 3 is 0.703 bits per heavy atom. The summed E-state index contributed by atoms with van der Waals surface area (Å²) in [5, 5.41) is -3.05. The second-order valence-corrected chi connectivity index (χ2v) is 41.8. The van der Waals surface area contributed by atoms with Crippen molar-refractivity contribution in [2.75, 3.05) is 9.80 Å². The largest absolute Gasteiger partial charge is 0.310 e. The summed E-state index contributed by atoms with van der Waals surface area (Å²) >= 11 is 0. The minimum atomic E-state index is -1.85. The number of hydrogen-bond acceptors (Lipinski definition) is 2. The molecule has 0 spiro atoms. The van der Waals surface area contributed by atoms with Crippen molar-refractivity contribution in [1.29, 1.82) is 0 Å². The first kappa shape index (κ1) is 48.5. The standard InChI is InChI=1S/C122H122BN5/c1-115(2,3)79-53-49-75(50-54-79)96-67-85(121(19,20)21)69-98(77-61-81(117(7,8)9)65-82(62-77)118(10,11)12)113(96)127-108-71-87(124-102-43-31-25-37-90(102)91-38-26-32-44-103(91)124)57-59-100(108)123-101-60-58-88(125-104-45-33-27-39-92(104)93-40-28-34-46-105(93)125)72-109(101)128(111-74-89(73-110(127)112(111)123)126-106-47-35-29-41-94(106)95-42-30-36-48-107(95)126)114-97(76-51-55-80(56-52-76)116(4,5)6)68-86(122(22,23)24)70-99(114)78-63-83(119(13,14)15)66-84(64-78)120(16,17)18/h25-74H,1-24H3/i25D,26D,27D,28D,29D,30D,31D,32D,33D,34D,35D,36D,37D,38D,39D,40D,41D,42D,43D,44D,45D,46D,47D,48D,49D,50D,51D,52D,53D,54D,55D,56D,61D,62D,63D,64D,65D,66D,67D,68D,69D,70D. The number of fused-ring (bicyclic) bond motifs is 13. The zero-order valence-corrected chi connectivity index (χ0v) is 76.4. The molecule has 638 valence electrons. The fraction of sp³-hybridized carbons (Fsp3) is 0.262. The Balaban J connectivity index is 1.21. The van der Waals surface area contributed by atoms with Crippen molar-refractivity contribution < 1.29 is 57.6 Å². The van der Waals surface area contributed by atoms with Gasteiger partial charge >= 0.3 is 0 Å². The topological polar surface area (TPSA) is 21.3 Å². The molecule has 0 N–H and O–H groups in total. The molecule has 2 aliphatic heterocycles. The monoisotopic (exact) mass is 1710 g/mol. The number of rotatable bonds is 9. The molecule has 0 bridgehead atoms. The molecular weight excluding hydrogens is 1550 g/mol. The lowest BCUT2D eigenvalue weighted by molar-refractivity contribution is 0.568. The van der Waals surface area contributed by atoms with Gasteiger partial charge in [0.15, 0.2) is 0 Å². The molecule has 0 saturated heterocycles. The molecule has 3 aromatic heterocycles. The fourth-order valence-electron chi connectivity index (χ4n) is 17.2. The van der Waals surface area contributed by atoms with Gasteiger partial charge in [-0.15, -0.1) is 0 Å². The van der Waals surface area contributed by atoms with E-state index in [4.69, 9.17) is 0 Å². The highest BCUT2D eigenvalue weighted by Crippen LogP contribution is 2.58. The fourth-order valence-corrected chi connectivity index (χ4v) is 17.2. The van der Waals surface area contributed by atoms with Crippen LogP contribution in [0.1, 0.15) is 268 Å². The van der Waals surface area contributed by atoms with Gasteiger partial charge in [0.05, 0.1) is 108 Å². The van der Waals surface area contributed by atoms with E-state index in [1.807, 2.05) is 0 Å². The molecule has 128 heavy (non-hydrogen) atoms. The minimum absolute atomic E-state index is 0.0731. The maximum atomic E-state index is 11.9. The summed E-state index contributed by atoms with van der Waals surface area (Å²) in [5.41, 5.74) is -25.9. The summed E-state index contributed by atoms with van der Waals surface area (Å²) in [6.07, 6.45) is 0. The first-order chi connectivity index (χ1) is 78.1. The Labute approximate surface area is 818 Å². The highest BCUT2D eigenvalue weighted by Gasteiger charge is 2.47. The lowest BCUT2D eigenvalue weighted by Gasteiger charge is -2.46. The molecular formula is C122H122BN5. The molecule has 5 nitrogen and oxygen atoms in total. The van der Waals surface area contributed by atoms with E-state index < -0.39 is 441 Å². The third-order valence-corrected chi connectivity index (χ3v) is 24.0. The summed E-state index contributed by atoms with van der Waals surface area (Å²) in [4.78, 5) is 2.66. The van der Waals surface area contributed by atoms with Crippen molar-refractivity contribution >= 4 is 123 Å². The Morgan fingerprint density at radius 1 is 0.219 bits per heavy atom. The molecule has 15 aromatic carbocycles. The van der Waals surface area contributed by atoms with E-state index >= 15 is 0 Å². The first-order valence-corrected chi connectivity index (χ1v) is 43.1. The minimum Gasteiger partial charge on any atom is -0.310 e. The van der Waals surface area contributed by atoms with Gasteiger partial charge in [0.2, 0.25) is 0 Å². The molecule has 20 rings (SSSR count). The molecule has 0 fully saturated rings. The van der Waals surface area contributed by atoms with E-state index in [9.17, 15) is 57.6 Å². The van der Waals surface area contributed by atoms with Gasteiger partial charge in [-0.25, -0.2) is 0 Å². The van der Waals surface area contributed by atoms with E-state index in [0.717, 1.165) is 13.7 Å². The van der Waals surface area contributed by atoms with Gasteiger partial charge in [-0.2, -0.15) is 0 Å². The van der Waals surface area contributed by atoms with E-state index in [1.165, 1.54) is 58.3 Å². The number of nitrogens with zero attached hydrogens (tertiary/aromatic N) is 5. The molecule has 0 radical (unpaired) electrons. The predicted octanol–water partition coefficient (Wildman–Crippen LogP) is 32.1. The van der Waals surface area contributed by atoms with Crippen molar-refractivity contribution in [1.82, 2.24) is 13.7 Å². The van der Waals surface area contributed by atoms with Crippen LogP contribution in [0.2, 0.25) is 0 Å². The first-order valence-electron chi connectivity index (χ1n) is 64.1. The maximum Gasteiger partial charge on any atom is 0.252 e. The number of anilines is 6. The zero-order chi connectivity index (χ0) is 126. The van der Waals surface area contributed by atoms with Crippen LogP contribution in [0.15, 0.2) is 302 Å². The van der Waals surface area contributed by atoms with Gasteiger partial charge < -0.3 is 23.5 Å². The average Bonchev–Trinajstić information content (AvgIpc) is 0.800. The van der Waals surface area contributed by atoms with Crippen LogP contribution < -0.4 is 26.2 Å². The van der Waals surface area contributed by atoms with Gasteiger partial charge in [-0.3, -0.25) is 0 Å². The second kappa shape index (κ2) is 29.5. The molecule has 0 unspecified atom stereocenters. The van der Waals surface area contributed by atoms with E-state index in [-0.39, 0.29) is 84.4 Å². The van der Waals surface area contributed by atoms with E-state index in [1.54, 1.807) is 166 Å². The number of hydrogen-bond donors (Lipinski definition) is 0. The molecule has 2 aliphatic rings. The lowest BCUT2D eigenvalue weighted by Crippen LogP contribution is -2.61. The third-order valence-electron chi connectivity index (χ3n) is 24.0. The molecule has 0 saturated carbocycles.